The largest absolute Gasteiger partial charge is 0.506 e. The van der Waals surface area contributed by atoms with Crippen LogP contribution in [0.4, 0.5) is 11.4 Å². The average molecular weight is 350 g/mol. The number of para-hydroxylation sites is 1. The van der Waals surface area contributed by atoms with Crippen LogP contribution in [0, 0.1) is 17.0 Å². The summed E-state index contributed by atoms with van der Waals surface area (Å²) in [7, 11) is 0. The first kappa shape index (κ1) is 15.0. The fourth-order valence-corrected chi connectivity index (χ4v) is 2.15. The fraction of sp³-hybridized carbons (Fsp3) is 0.0714. The van der Waals surface area contributed by atoms with Crippen LogP contribution in [0.15, 0.2) is 46.0 Å². The van der Waals surface area contributed by atoms with Crippen LogP contribution in [0.1, 0.15) is 11.1 Å². The van der Waals surface area contributed by atoms with Crippen molar-refractivity contribution in [3.8, 4) is 5.75 Å². The highest BCUT2D eigenvalue weighted by molar-refractivity contribution is 9.10. The Balaban J connectivity index is 2.29. The Morgan fingerprint density at radius 2 is 2.05 bits per heavy atom. The van der Waals surface area contributed by atoms with Crippen molar-refractivity contribution in [3.05, 3.63) is 62.1 Å². The van der Waals surface area contributed by atoms with Gasteiger partial charge in [-0.1, -0.05) is 18.2 Å². The molecule has 2 aromatic rings. The molecule has 0 bridgehead atoms. The molecule has 0 saturated heterocycles. The van der Waals surface area contributed by atoms with Crippen molar-refractivity contribution in [2.75, 3.05) is 5.43 Å². The fourth-order valence-electron chi connectivity index (χ4n) is 1.72. The number of hydrogen-bond donors (Lipinski definition) is 2. The second kappa shape index (κ2) is 6.36. The number of hydrazone groups is 1. The van der Waals surface area contributed by atoms with E-state index in [0.29, 0.717) is 5.56 Å². The third kappa shape index (κ3) is 3.38. The van der Waals surface area contributed by atoms with Crippen LogP contribution in [0.5, 0.6) is 5.75 Å². The van der Waals surface area contributed by atoms with Crippen LogP contribution in [0.2, 0.25) is 0 Å². The van der Waals surface area contributed by atoms with Crippen molar-refractivity contribution in [2.45, 2.75) is 6.92 Å². The van der Waals surface area contributed by atoms with Crippen molar-refractivity contribution >= 4 is 33.5 Å². The van der Waals surface area contributed by atoms with E-state index in [1.165, 1.54) is 12.3 Å². The number of nitrogens with zero attached hydrogens (tertiary/aromatic N) is 2. The number of halogens is 1. The first-order valence-electron chi connectivity index (χ1n) is 6.01. The van der Waals surface area contributed by atoms with Crippen LogP contribution in [0.25, 0.3) is 0 Å². The van der Waals surface area contributed by atoms with Crippen LogP contribution in [-0.4, -0.2) is 16.2 Å². The van der Waals surface area contributed by atoms with Crippen LogP contribution < -0.4 is 5.43 Å². The molecule has 2 aromatic carbocycles. The number of nitro groups is 1. The summed E-state index contributed by atoms with van der Waals surface area (Å²) in [5.74, 6) is -0.0864. The van der Waals surface area contributed by atoms with Crippen LogP contribution in [-0.2, 0) is 0 Å². The Kier molecular flexibility index (Phi) is 4.54. The lowest BCUT2D eigenvalue weighted by atomic mass is 10.1. The van der Waals surface area contributed by atoms with E-state index in [-0.39, 0.29) is 21.5 Å². The molecule has 0 aliphatic heterocycles. The number of nitro benzene ring substituents is 1. The lowest BCUT2D eigenvalue weighted by Crippen LogP contribution is -1.97. The van der Waals surface area contributed by atoms with Crippen LogP contribution in [0.3, 0.4) is 0 Å². The lowest BCUT2D eigenvalue weighted by molar-refractivity contribution is -0.385. The molecule has 0 heterocycles. The van der Waals surface area contributed by atoms with Crippen molar-refractivity contribution in [2.24, 2.45) is 5.10 Å². The molecule has 108 valence electrons. The predicted octanol–water partition coefficient (Wildman–Crippen LogP) is 3.82. The van der Waals surface area contributed by atoms with Gasteiger partial charge in [0.25, 0.3) is 5.69 Å². The Hall–Kier alpha value is -2.41. The molecule has 0 aliphatic carbocycles. The summed E-state index contributed by atoms with van der Waals surface area (Å²) in [6.07, 6.45) is 1.33. The number of phenolic OH excluding ortho intramolecular Hbond substituents is 1. The van der Waals surface area contributed by atoms with Gasteiger partial charge in [0.2, 0.25) is 0 Å². The van der Waals surface area contributed by atoms with E-state index in [1.54, 1.807) is 6.92 Å². The Morgan fingerprint density at radius 3 is 2.67 bits per heavy atom. The standard InChI is InChI=1S/C14H12BrN3O3/c1-9-12(18(20)21)7-10(14(19)13(9)15)8-16-17-11-5-3-2-4-6-11/h2-8,17,19H,1H3. The summed E-state index contributed by atoms with van der Waals surface area (Å²) in [5.41, 5.74) is 4.08. The molecule has 21 heavy (non-hydrogen) atoms. The van der Waals surface area contributed by atoms with Gasteiger partial charge in [-0.25, -0.2) is 0 Å². The first-order chi connectivity index (χ1) is 10.0. The van der Waals surface area contributed by atoms with E-state index in [9.17, 15) is 15.2 Å². The van der Waals surface area contributed by atoms with Gasteiger partial charge in [-0.15, -0.1) is 0 Å². The maximum atomic E-state index is 11.0. The number of phenols is 1. The smallest absolute Gasteiger partial charge is 0.274 e. The quantitative estimate of drug-likeness (QED) is 0.499. The third-order valence-corrected chi connectivity index (χ3v) is 3.83. The van der Waals surface area contributed by atoms with Crippen molar-refractivity contribution in [3.63, 3.8) is 0 Å². The zero-order chi connectivity index (χ0) is 15.4. The molecule has 6 nitrogen and oxygen atoms in total. The predicted molar refractivity (Wildman–Crippen MR) is 84.9 cm³/mol. The van der Waals surface area contributed by atoms with Gasteiger partial charge in [0.05, 0.1) is 21.3 Å². The van der Waals surface area contributed by atoms with E-state index in [4.69, 9.17) is 0 Å². The molecule has 0 radical (unpaired) electrons. The molecule has 2 rings (SSSR count). The molecule has 0 fully saturated rings. The van der Waals surface area contributed by atoms with Gasteiger partial charge in [-0.05, 0) is 35.0 Å². The minimum atomic E-state index is -0.499. The van der Waals surface area contributed by atoms with E-state index in [0.717, 1.165) is 5.69 Å². The number of aromatic hydroxyl groups is 1. The Morgan fingerprint density at radius 1 is 1.38 bits per heavy atom. The number of rotatable bonds is 4. The second-order valence-corrected chi connectivity index (χ2v) is 5.06. The minimum Gasteiger partial charge on any atom is -0.506 e. The molecule has 2 N–H and O–H groups in total. The summed E-state index contributed by atoms with van der Waals surface area (Å²) in [6.45, 7) is 1.56. The van der Waals surface area contributed by atoms with Gasteiger partial charge >= 0.3 is 0 Å². The Labute approximate surface area is 129 Å². The van der Waals surface area contributed by atoms with Crippen molar-refractivity contribution < 1.29 is 10.0 Å². The topological polar surface area (TPSA) is 87.8 Å². The highest BCUT2D eigenvalue weighted by Crippen LogP contribution is 2.36. The van der Waals surface area contributed by atoms with Crippen molar-refractivity contribution in [1.82, 2.24) is 0 Å². The van der Waals surface area contributed by atoms with Gasteiger partial charge in [0.1, 0.15) is 5.75 Å². The molecule has 0 spiro atoms. The van der Waals surface area contributed by atoms with Gasteiger partial charge in [-0.2, -0.15) is 5.10 Å². The second-order valence-electron chi connectivity index (χ2n) is 4.27. The first-order valence-corrected chi connectivity index (χ1v) is 6.80. The molecule has 0 unspecified atom stereocenters. The van der Waals surface area contributed by atoms with Crippen LogP contribution >= 0.6 is 15.9 Å². The number of nitrogens with one attached hydrogen (secondary N) is 1. The third-order valence-electron chi connectivity index (χ3n) is 2.85. The van der Waals surface area contributed by atoms with Gasteiger partial charge in [-0.3, -0.25) is 15.5 Å². The minimum absolute atomic E-state index is 0.0826. The number of anilines is 1. The van der Waals surface area contributed by atoms with E-state index < -0.39 is 4.92 Å². The molecule has 7 heteroatoms. The zero-order valence-electron chi connectivity index (χ0n) is 11.1. The number of hydrogen-bond acceptors (Lipinski definition) is 5. The molecule has 0 aliphatic rings. The molecule has 0 amide bonds. The molecule has 0 atom stereocenters. The van der Waals surface area contributed by atoms with E-state index in [2.05, 4.69) is 26.5 Å². The van der Waals surface area contributed by atoms with Gasteiger partial charge in [0, 0.05) is 17.2 Å². The zero-order valence-corrected chi connectivity index (χ0v) is 12.7. The molecule has 0 saturated carbocycles. The van der Waals surface area contributed by atoms with Crippen molar-refractivity contribution in [1.29, 1.82) is 0 Å². The van der Waals surface area contributed by atoms with E-state index >= 15 is 0 Å². The maximum Gasteiger partial charge on any atom is 0.274 e. The SMILES string of the molecule is Cc1c([N+](=O)[O-])cc(C=NNc2ccccc2)c(O)c1Br. The summed E-state index contributed by atoms with van der Waals surface area (Å²) in [4.78, 5) is 10.5. The van der Waals surface area contributed by atoms with Gasteiger partial charge in [0.15, 0.2) is 0 Å². The maximum absolute atomic E-state index is 11.0. The molecule has 0 aromatic heterocycles. The summed E-state index contributed by atoms with van der Waals surface area (Å²) < 4.78 is 0.290. The average Bonchev–Trinajstić information content (AvgIpc) is 2.48. The monoisotopic (exact) mass is 349 g/mol. The molecular weight excluding hydrogens is 338 g/mol. The summed E-state index contributed by atoms with van der Waals surface area (Å²) in [6, 6.07) is 10.5. The lowest BCUT2D eigenvalue weighted by Gasteiger charge is -2.06. The van der Waals surface area contributed by atoms with Gasteiger partial charge < -0.3 is 5.11 Å². The summed E-state index contributed by atoms with van der Waals surface area (Å²) >= 11 is 3.15. The number of benzene rings is 2. The Bertz CT molecular complexity index is 702. The summed E-state index contributed by atoms with van der Waals surface area (Å²) in [5, 5.41) is 24.9. The van der Waals surface area contributed by atoms with E-state index in [1.807, 2.05) is 30.3 Å². The normalized spacial score (nSPS) is 10.8. The highest BCUT2D eigenvalue weighted by atomic mass is 79.9. The molecular formula is C14H12BrN3O3. The highest BCUT2D eigenvalue weighted by Gasteiger charge is 2.19.